The summed E-state index contributed by atoms with van der Waals surface area (Å²) in [6.07, 6.45) is 1.04. The van der Waals surface area contributed by atoms with Crippen LogP contribution < -0.4 is 0 Å². The molecule has 96 valence electrons. The van der Waals surface area contributed by atoms with Gasteiger partial charge < -0.3 is 0 Å². The van der Waals surface area contributed by atoms with Crippen LogP contribution in [0.4, 0.5) is 0 Å². The molecular formula is C14H27NSi2. The number of pyridine rings is 1. The molecule has 0 bridgehead atoms. The first kappa shape index (κ1) is 14.6. The van der Waals surface area contributed by atoms with E-state index in [1.165, 1.54) is 11.4 Å². The summed E-state index contributed by atoms with van der Waals surface area (Å²) < 4.78 is 0. The lowest BCUT2D eigenvalue weighted by molar-refractivity contribution is 0.968. The lowest BCUT2D eigenvalue weighted by atomic mass is 10.3. The summed E-state index contributed by atoms with van der Waals surface area (Å²) in [7, 11) is -2.40. The van der Waals surface area contributed by atoms with Crippen LogP contribution in [0.5, 0.6) is 0 Å². The molecule has 0 amide bonds. The molecule has 17 heavy (non-hydrogen) atoms. The average molecular weight is 266 g/mol. The van der Waals surface area contributed by atoms with Crippen molar-refractivity contribution in [3.05, 3.63) is 29.6 Å². The zero-order valence-corrected chi connectivity index (χ0v) is 14.5. The van der Waals surface area contributed by atoms with Crippen molar-refractivity contribution >= 4 is 16.1 Å². The zero-order chi connectivity index (χ0) is 13.3. The number of hydrogen-bond donors (Lipinski definition) is 0. The highest BCUT2D eigenvalue weighted by Crippen LogP contribution is 2.34. The topological polar surface area (TPSA) is 12.9 Å². The Balaban J connectivity index is 3.23. The summed E-state index contributed by atoms with van der Waals surface area (Å²) in [4.78, 5) is 4.89. The molecule has 0 atom stereocenters. The third-order valence-electron chi connectivity index (χ3n) is 3.22. The Labute approximate surface area is 109 Å². The van der Waals surface area contributed by atoms with E-state index in [0.717, 1.165) is 11.6 Å². The highest BCUT2D eigenvalue weighted by molar-refractivity contribution is 6.96. The zero-order valence-electron chi connectivity index (χ0n) is 12.5. The molecule has 0 aliphatic carbocycles. The smallest absolute Gasteiger partial charge is 0.0513 e. The van der Waals surface area contributed by atoms with Gasteiger partial charge in [-0.05, 0) is 23.7 Å². The van der Waals surface area contributed by atoms with Crippen molar-refractivity contribution in [2.75, 3.05) is 0 Å². The van der Waals surface area contributed by atoms with E-state index < -0.39 is 16.1 Å². The van der Waals surface area contributed by atoms with Gasteiger partial charge >= 0.3 is 0 Å². The van der Waals surface area contributed by atoms with E-state index in [2.05, 4.69) is 64.4 Å². The van der Waals surface area contributed by atoms with Gasteiger partial charge in [0.15, 0.2) is 0 Å². The fourth-order valence-electron chi connectivity index (χ4n) is 3.04. The van der Waals surface area contributed by atoms with E-state index >= 15 is 0 Å². The van der Waals surface area contributed by atoms with Gasteiger partial charge in [-0.15, -0.1) is 0 Å². The molecule has 1 nitrogen and oxygen atoms in total. The Morgan fingerprint density at radius 3 is 1.94 bits per heavy atom. The van der Waals surface area contributed by atoms with Crippen LogP contribution in [0, 0.1) is 0 Å². The quantitative estimate of drug-likeness (QED) is 0.731. The first-order valence-electron chi connectivity index (χ1n) is 6.62. The predicted molar refractivity (Wildman–Crippen MR) is 83.0 cm³/mol. The Bertz CT molecular complexity index is 361. The van der Waals surface area contributed by atoms with E-state index in [4.69, 9.17) is 4.98 Å². The second-order valence-electron chi connectivity index (χ2n) is 7.07. The van der Waals surface area contributed by atoms with Crippen LogP contribution in [0.25, 0.3) is 0 Å². The summed E-state index contributed by atoms with van der Waals surface area (Å²) in [6.45, 7) is 17.1. The van der Waals surface area contributed by atoms with Gasteiger partial charge in [-0.3, -0.25) is 4.98 Å². The Morgan fingerprint density at radius 2 is 1.53 bits per heavy atom. The average Bonchev–Trinajstić information content (AvgIpc) is 2.13. The number of aromatic nitrogens is 1. The maximum Gasteiger partial charge on any atom is 0.0513 e. The third-order valence-corrected chi connectivity index (χ3v) is 12.5. The van der Waals surface area contributed by atoms with Gasteiger partial charge in [0.1, 0.15) is 0 Å². The standard InChI is InChI=1S/C14H27NSi2/c1-8-12-10-9-11-13(15-12)14(16(2,3)4)17(5,6)7/h9-11,14H,8H2,1-7H3. The van der Waals surface area contributed by atoms with Crippen molar-refractivity contribution < 1.29 is 0 Å². The van der Waals surface area contributed by atoms with Crippen LogP contribution in [0.3, 0.4) is 0 Å². The van der Waals surface area contributed by atoms with Gasteiger partial charge in [0, 0.05) is 11.4 Å². The second-order valence-corrected chi connectivity index (χ2v) is 18.3. The third kappa shape index (κ3) is 3.78. The molecule has 1 heterocycles. The van der Waals surface area contributed by atoms with Gasteiger partial charge in [-0.25, -0.2) is 0 Å². The molecule has 0 fully saturated rings. The SMILES string of the molecule is CCc1cccc(C([Si](C)(C)C)[Si](C)(C)C)n1. The fourth-order valence-corrected chi connectivity index (χ4v) is 15.5. The second kappa shape index (κ2) is 5.06. The number of aryl methyl sites for hydroxylation is 1. The first-order chi connectivity index (χ1) is 7.66. The molecule has 0 aliphatic rings. The fraction of sp³-hybridized carbons (Fsp3) is 0.643. The van der Waals surface area contributed by atoms with Crippen molar-refractivity contribution in [1.82, 2.24) is 4.98 Å². The van der Waals surface area contributed by atoms with Gasteiger partial charge in [-0.1, -0.05) is 52.3 Å². The van der Waals surface area contributed by atoms with Crippen LogP contribution in [0.2, 0.25) is 39.3 Å². The molecule has 0 aromatic carbocycles. The van der Waals surface area contributed by atoms with E-state index in [0.29, 0.717) is 0 Å². The minimum absolute atomic E-state index is 0.751. The van der Waals surface area contributed by atoms with Crippen molar-refractivity contribution in [2.24, 2.45) is 0 Å². The van der Waals surface area contributed by atoms with Gasteiger partial charge in [0.25, 0.3) is 0 Å². The number of hydrogen-bond acceptors (Lipinski definition) is 1. The summed E-state index contributed by atoms with van der Waals surface area (Å²) in [5.41, 5.74) is 2.60. The highest BCUT2D eigenvalue weighted by atomic mass is 28.4. The number of nitrogens with zero attached hydrogens (tertiary/aromatic N) is 1. The monoisotopic (exact) mass is 265 g/mol. The van der Waals surface area contributed by atoms with Gasteiger partial charge in [0.2, 0.25) is 0 Å². The summed E-state index contributed by atoms with van der Waals surface area (Å²) in [6, 6.07) is 6.59. The van der Waals surface area contributed by atoms with Gasteiger partial charge in [0.05, 0.1) is 16.1 Å². The summed E-state index contributed by atoms with van der Waals surface area (Å²) in [5.74, 6) is 0. The van der Waals surface area contributed by atoms with Crippen LogP contribution in [0.15, 0.2) is 18.2 Å². The normalized spacial score (nSPS) is 13.2. The molecule has 0 unspecified atom stereocenters. The molecule has 1 aromatic heterocycles. The maximum absolute atomic E-state index is 4.89. The molecule has 0 radical (unpaired) electrons. The van der Waals surface area contributed by atoms with E-state index in [9.17, 15) is 0 Å². The lowest BCUT2D eigenvalue weighted by Gasteiger charge is -2.38. The van der Waals surface area contributed by atoms with Crippen molar-refractivity contribution in [3.63, 3.8) is 0 Å². The Kier molecular flexibility index (Phi) is 4.36. The molecular weight excluding hydrogens is 238 g/mol. The molecule has 0 saturated carbocycles. The summed E-state index contributed by atoms with van der Waals surface area (Å²) >= 11 is 0. The maximum atomic E-state index is 4.89. The molecule has 3 heteroatoms. The molecule has 1 rings (SSSR count). The van der Waals surface area contributed by atoms with Gasteiger partial charge in [-0.2, -0.15) is 0 Å². The largest absolute Gasteiger partial charge is 0.258 e. The van der Waals surface area contributed by atoms with Crippen molar-refractivity contribution in [3.8, 4) is 0 Å². The molecule has 0 N–H and O–H groups in total. The molecule has 0 spiro atoms. The first-order valence-corrected chi connectivity index (χ1v) is 13.8. The predicted octanol–water partition coefficient (Wildman–Crippen LogP) is 4.48. The van der Waals surface area contributed by atoms with Crippen LogP contribution in [-0.2, 0) is 6.42 Å². The van der Waals surface area contributed by atoms with E-state index in [-0.39, 0.29) is 0 Å². The number of rotatable bonds is 4. The minimum Gasteiger partial charge on any atom is -0.258 e. The Morgan fingerprint density at radius 1 is 1.00 bits per heavy atom. The van der Waals surface area contributed by atoms with Crippen molar-refractivity contribution in [1.29, 1.82) is 0 Å². The van der Waals surface area contributed by atoms with Crippen LogP contribution in [-0.4, -0.2) is 21.1 Å². The van der Waals surface area contributed by atoms with E-state index in [1.54, 1.807) is 0 Å². The molecule has 1 aromatic rings. The molecule has 0 aliphatic heterocycles. The van der Waals surface area contributed by atoms with Crippen molar-refractivity contribution in [2.45, 2.75) is 57.8 Å². The highest BCUT2D eigenvalue weighted by Gasteiger charge is 2.39. The van der Waals surface area contributed by atoms with Crippen LogP contribution in [0.1, 0.15) is 23.5 Å². The van der Waals surface area contributed by atoms with Crippen LogP contribution >= 0.6 is 0 Å². The Hall–Kier alpha value is -0.416. The van der Waals surface area contributed by atoms with E-state index in [1.807, 2.05) is 0 Å². The summed E-state index contributed by atoms with van der Waals surface area (Å²) in [5, 5.41) is 0.751. The molecule has 0 saturated heterocycles. The minimum atomic E-state index is -1.20. The lowest BCUT2D eigenvalue weighted by Crippen LogP contribution is -2.47.